The smallest absolute Gasteiger partial charge is 0.302 e. The molecule has 1 aliphatic heterocycles. The minimum absolute atomic E-state index is 0.134. The van der Waals surface area contributed by atoms with Gasteiger partial charge in [0, 0.05) is 13.0 Å². The predicted molar refractivity (Wildman–Crippen MR) is 75.6 cm³/mol. The van der Waals surface area contributed by atoms with Gasteiger partial charge in [-0.2, -0.15) is 0 Å². The van der Waals surface area contributed by atoms with E-state index in [-0.39, 0.29) is 25.3 Å². The average molecular weight is 315 g/mol. The highest BCUT2D eigenvalue weighted by atomic mass is 35.5. The van der Waals surface area contributed by atoms with Crippen molar-refractivity contribution in [3.63, 3.8) is 0 Å². The van der Waals surface area contributed by atoms with E-state index in [0.29, 0.717) is 27.2 Å². The summed E-state index contributed by atoms with van der Waals surface area (Å²) in [5, 5.41) is 0.865. The summed E-state index contributed by atoms with van der Waals surface area (Å²) < 4.78 is 17.1. The van der Waals surface area contributed by atoms with E-state index >= 15 is 0 Å². The molecule has 0 aliphatic carbocycles. The second-order valence-corrected chi connectivity index (χ2v) is 5.71. The number of nitrogen functional groups attached to an aromatic ring is 1. The van der Waals surface area contributed by atoms with Crippen molar-refractivity contribution in [1.82, 2.24) is 4.98 Å². The van der Waals surface area contributed by atoms with Crippen molar-refractivity contribution in [2.45, 2.75) is 13.0 Å². The van der Waals surface area contributed by atoms with E-state index in [0.717, 1.165) is 4.70 Å². The number of fused-ring (bicyclic) bond motifs is 3. The van der Waals surface area contributed by atoms with E-state index in [9.17, 15) is 4.79 Å². The zero-order valence-corrected chi connectivity index (χ0v) is 12.1. The lowest BCUT2D eigenvalue weighted by molar-refractivity contribution is -0.144. The Morgan fingerprint density at radius 1 is 1.70 bits per heavy atom. The van der Waals surface area contributed by atoms with Gasteiger partial charge in [-0.15, -0.1) is 0 Å². The highest BCUT2D eigenvalue weighted by molar-refractivity contribution is 7.22. The first kappa shape index (κ1) is 13.3. The molecule has 2 N–H and O–H groups in total. The Morgan fingerprint density at radius 3 is 3.25 bits per heavy atom. The van der Waals surface area contributed by atoms with Crippen LogP contribution in [0.15, 0.2) is 6.07 Å². The molecule has 106 valence electrons. The molecular formula is C12H11ClN2O4S. The van der Waals surface area contributed by atoms with Gasteiger partial charge in [0.1, 0.15) is 23.4 Å². The summed E-state index contributed by atoms with van der Waals surface area (Å²) in [4.78, 5) is 15.0. The van der Waals surface area contributed by atoms with Gasteiger partial charge in [0.2, 0.25) is 0 Å². The number of hydrogen-bond acceptors (Lipinski definition) is 7. The van der Waals surface area contributed by atoms with Gasteiger partial charge >= 0.3 is 5.97 Å². The number of nitrogens with zero attached hydrogens (tertiary/aromatic N) is 1. The zero-order valence-electron chi connectivity index (χ0n) is 10.5. The van der Waals surface area contributed by atoms with Gasteiger partial charge < -0.3 is 19.9 Å². The third-order valence-electron chi connectivity index (χ3n) is 2.74. The molecule has 0 saturated carbocycles. The zero-order chi connectivity index (χ0) is 14.3. The number of halogens is 1. The second kappa shape index (κ2) is 4.99. The number of thiazole rings is 1. The summed E-state index contributed by atoms with van der Waals surface area (Å²) in [7, 11) is 0. The van der Waals surface area contributed by atoms with Gasteiger partial charge in [-0.1, -0.05) is 22.9 Å². The van der Waals surface area contributed by atoms with Crippen LogP contribution in [0.3, 0.4) is 0 Å². The fourth-order valence-corrected chi connectivity index (χ4v) is 3.06. The quantitative estimate of drug-likeness (QED) is 0.856. The normalized spacial score (nSPS) is 17.2. The third kappa shape index (κ3) is 2.34. The second-order valence-electron chi connectivity index (χ2n) is 4.27. The molecule has 8 heteroatoms. The van der Waals surface area contributed by atoms with Crippen LogP contribution in [-0.4, -0.2) is 30.3 Å². The van der Waals surface area contributed by atoms with Crippen LogP contribution in [0.1, 0.15) is 6.92 Å². The Balaban J connectivity index is 1.92. The van der Waals surface area contributed by atoms with Crippen LogP contribution in [0.5, 0.6) is 11.5 Å². The van der Waals surface area contributed by atoms with Gasteiger partial charge in [-0.25, -0.2) is 4.98 Å². The highest BCUT2D eigenvalue weighted by Gasteiger charge is 2.26. The molecule has 1 aromatic heterocycles. The molecular weight excluding hydrogens is 304 g/mol. The number of nitrogens with two attached hydrogens (primary N) is 1. The molecule has 1 atom stereocenters. The van der Waals surface area contributed by atoms with E-state index in [1.54, 1.807) is 6.07 Å². The first-order chi connectivity index (χ1) is 9.54. The van der Waals surface area contributed by atoms with E-state index in [1.807, 2.05) is 0 Å². The summed E-state index contributed by atoms with van der Waals surface area (Å²) in [6.07, 6.45) is -0.356. The maximum atomic E-state index is 10.8. The lowest BCUT2D eigenvalue weighted by Crippen LogP contribution is -2.34. The maximum Gasteiger partial charge on any atom is 0.302 e. The summed E-state index contributed by atoms with van der Waals surface area (Å²) in [5.41, 5.74) is 6.30. The molecule has 20 heavy (non-hydrogen) atoms. The number of carbonyl (C=O) groups is 1. The number of esters is 1. The molecule has 2 aromatic rings. The first-order valence-corrected chi connectivity index (χ1v) is 7.05. The van der Waals surface area contributed by atoms with Crippen molar-refractivity contribution >= 4 is 44.3 Å². The SMILES string of the molecule is CC(=O)OCC1COc2c(cc(Cl)c3nc(N)sc23)O1. The average Bonchev–Trinajstić information content (AvgIpc) is 2.78. The molecule has 0 spiro atoms. The van der Waals surface area contributed by atoms with Crippen molar-refractivity contribution in [3.05, 3.63) is 11.1 Å². The molecule has 0 bridgehead atoms. The van der Waals surface area contributed by atoms with Gasteiger partial charge in [0.15, 0.2) is 22.7 Å². The van der Waals surface area contributed by atoms with Gasteiger partial charge in [0.05, 0.1) is 5.02 Å². The van der Waals surface area contributed by atoms with Gasteiger partial charge in [-0.05, 0) is 0 Å². The molecule has 1 aliphatic rings. The number of ether oxygens (including phenoxy) is 3. The third-order valence-corrected chi connectivity index (χ3v) is 3.91. The summed E-state index contributed by atoms with van der Waals surface area (Å²) in [5.74, 6) is 0.732. The lowest BCUT2D eigenvalue weighted by atomic mass is 10.2. The van der Waals surface area contributed by atoms with Crippen LogP contribution >= 0.6 is 22.9 Å². The summed E-state index contributed by atoms with van der Waals surface area (Å²) >= 11 is 7.44. The van der Waals surface area contributed by atoms with Gasteiger partial charge in [-0.3, -0.25) is 4.79 Å². The van der Waals surface area contributed by atoms with Gasteiger partial charge in [0.25, 0.3) is 0 Å². The number of hydrogen-bond donors (Lipinski definition) is 1. The molecule has 0 saturated heterocycles. The molecule has 1 aromatic carbocycles. The Bertz CT molecular complexity index is 688. The molecule has 6 nitrogen and oxygen atoms in total. The van der Waals surface area contributed by atoms with Crippen LogP contribution in [0.4, 0.5) is 5.13 Å². The Hall–Kier alpha value is -1.73. The van der Waals surface area contributed by atoms with Crippen molar-refractivity contribution in [3.8, 4) is 11.5 Å². The minimum Gasteiger partial charge on any atom is -0.484 e. The molecule has 1 unspecified atom stereocenters. The number of rotatable bonds is 2. The largest absolute Gasteiger partial charge is 0.484 e. The number of anilines is 1. The number of carbonyl (C=O) groups excluding carboxylic acids is 1. The van der Waals surface area contributed by atoms with Crippen molar-refractivity contribution in [2.75, 3.05) is 18.9 Å². The summed E-state index contributed by atoms with van der Waals surface area (Å²) in [6, 6.07) is 1.64. The van der Waals surface area contributed by atoms with E-state index in [4.69, 9.17) is 31.5 Å². The van der Waals surface area contributed by atoms with Crippen LogP contribution in [0, 0.1) is 0 Å². The standard InChI is InChI=1S/C12H11ClN2O4S/c1-5(16)17-3-6-4-18-10-8(19-6)2-7(13)9-11(10)20-12(14)15-9/h2,6H,3-4H2,1H3,(H2,14,15). The van der Waals surface area contributed by atoms with Crippen molar-refractivity contribution in [1.29, 1.82) is 0 Å². The molecule has 0 fully saturated rings. The minimum atomic E-state index is -0.358. The van der Waals surface area contributed by atoms with Crippen LogP contribution in [0.25, 0.3) is 10.2 Å². The molecule has 2 heterocycles. The molecule has 3 rings (SSSR count). The number of benzene rings is 1. The summed E-state index contributed by atoms with van der Waals surface area (Å²) in [6.45, 7) is 1.77. The monoisotopic (exact) mass is 314 g/mol. The fourth-order valence-electron chi connectivity index (χ4n) is 1.92. The fraction of sp³-hybridized carbons (Fsp3) is 0.333. The van der Waals surface area contributed by atoms with Crippen LogP contribution < -0.4 is 15.2 Å². The number of aromatic nitrogens is 1. The van der Waals surface area contributed by atoms with Crippen molar-refractivity contribution < 1.29 is 19.0 Å². The maximum absolute atomic E-state index is 10.8. The molecule has 0 radical (unpaired) electrons. The van der Waals surface area contributed by atoms with E-state index < -0.39 is 0 Å². The Kier molecular flexibility index (Phi) is 3.31. The first-order valence-electron chi connectivity index (χ1n) is 5.86. The predicted octanol–water partition coefficient (Wildman–Crippen LogP) is 2.23. The van der Waals surface area contributed by atoms with Crippen LogP contribution in [-0.2, 0) is 9.53 Å². The van der Waals surface area contributed by atoms with E-state index in [2.05, 4.69) is 4.98 Å². The Labute approximate surface area is 123 Å². The highest BCUT2D eigenvalue weighted by Crippen LogP contribution is 2.45. The topological polar surface area (TPSA) is 83.7 Å². The lowest BCUT2D eigenvalue weighted by Gasteiger charge is -2.26. The van der Waals surface area contributed by atoms with E-state index in [1.165, 1.54) is 18.3 Å². The molecule has 0 amide bonds. The van der Waals surface area contributed by atoms with Crippen molar-refractivity contribution in [2.24, 2.45) is 0 Å². The van der Waals surface area contributed by atoms with Crippen LogP contribution in [0.2, 0.25) is 5.02 Å². The Morgan fingerprint density at radius 2 is 2.50 bits per heavy atom.